The first-order valence-corrected chi connectivity index (χ1v) is 6.49. The number of piperidine rings is 1. The zero-order valence-corrected chi connectivity index (χ0v) is 10.9. The minimum absolute atomic E-state index is 0.396. The Bertz CT molecular complexity index is 399. The van der Waals surface area contributed by atoms with E-state index in [2.05, 4.69) is 22.0 Å². The van der Waals surface area contributed by atoms with E-state index >= 15 is 0 Å². The molecule has 5 heteroatoms. The maximum absolute atomic E-state index is 5.71. The molecule has 92 valence electrons. The molecule has 0 atom stereocenters. The van der Waals surface area contributed by atoms with Crippen molar-refractivity contribution in [3.63, 3.8) is 0 Å². The number of aromatic nitrogens is 2. The number of hydrogen-bond acceptors (Lipinski definition) is 4. The van der Waals surface area contributed by atoms with Crippen molar-refractivity contribution < 1.29 is 0 Å². The molecule has 0 unspecified atom stereocenters. The Morgan fingerprint density at radius 2 is 2.24 bits per heavy atom. The molecular formula is C12H18N4S. The summed E-state index contributed by atoms with van der Waals surface area (Å²) in [4.78, 5) is 2.64. The van der Waals surface area contributed by atoms with Crippen LogP contribution in [0, 0.1) is 5.92 Å². The molecule has 0 aliphatic carbocycles. The van der Waals surface area contributed by atoms with Crippen LogP contribution in [-0.2, 0) is 0 Å². The van der Waals surface area contributed by atoms with Gasteiger partial charge in [0.2, 0.25) is 0 Å². The molecule has 2 rings (SSSR count). The Kier molecular flexibility index (Phi) is 3.89. The van der Waals surface area contributed by atoms with E-state index in [1.807, 2.05) is 6.07 Å². The van der Waals surface area contributed by atoms with Gasteiger partial charge in [0.1, 0.15) is 4.99 Å². The van der Waals surface area contributed by atoms with Crippen LogP contribution in [0.3, 0.4) is 0 Å². The quantitative estimate of drug-likeness (QED) is 0.828. The molecule has 1 aromatic heterocycles. The van der Waals surface area contributed by atoms with Crippen LogP contribution in [0.5, 0.6) is 0 Å². The molecule has 0 saturated carbocycles. The highest BCUT2D eigenvalue weighted by Gasteiger charge is 2.21. The summed E-state index contributed by atoms with van der Waals surface area (Å²) in [6, 6.07) is 1.84. The standard InChI is InChI=1S/C12H18N4S/c1-2-9-4-7-16(8-5-9)12-10(11(13)17)3-6-14-15-12/h3,6,9H,2,4-5,7-8H2,1H3,(H2,13,17). The lowest BCUT2D eigenvalue weighted by Crippen LogP contribution is -2.35. The second-order valence-corrected chi connectivity index (χ2v) is 4.91. The summed E-state index contributed by atoms with van der Waals surface area (Å²) >= 11 is 5.05. The number of hydrogen-bond donors (Lipinski definition) is 1. The zero-order chi connectivity index (χ0) is 12.3. The van der Waals surface area contributed by atoms with E-state index in [4.69, 9.17) is 18.0 Å². The highest BCUT2D eigenvalue weighted by Crippen LogP contribution is 2.25. The molecule has 1 aliphatic rings. The van der Waals surface area contributed by atoms with Gasteiger partial charge in [0, 0.05) is 13.1 Å². The van der Waals surface area contributed by atoms with Crippen LogP contribution < -0.4 is 10.6 Å². The summed E-state index contributed by atoms with van der Waals surface area (Å²) in [5.41, 5.74) is 6.55. The molecule has 0 aromatic carbocycles. The van der Waals surface area contributed by atoms with E-state index in [1.165, 1.54) is 19.3 Å². The fourth-order valence-electron chi connectivity index (χ4n) is 2.30. The second kappa shape index (κ2) is 5.40. The average molecular weight is 250 g/mol. The van der Waals surface area contributed by atoms with Gasteiger partial charge in [-0.2, -0.15) is 5.10 Å². The Morgan fingerprint density at radius 1 is 1.53 bits per heavy atom. The van der Waals surface area contributed by atoms with Gasteiger partial charge in [0.15, 0.2) is 5.82 Å². The van der Waals surface area contributed by atoms with Crippen LogP contribution >= 0.6 is 12.2 Å². The summed E-state index contributed by atoms with van der Waals surface area (Å²) in [6.07, 6.45) is 5.32. The largest absolute Gasteiger partial charge is 0.389 e. The lowest BCUT2D eigenvalue weighted by atomic mass is 9.94. The van der Waals surface area contributed by atoms with Crippen molar-refractivity contribution in [1.82, 2.24) is 10.2 Å². The van der Waals surface area contributed by atoms with Gasteiger partial charge >= 0.3 is 0 Å². The van der Waals surface area contributed by atoms with Gasteiger partial charge in [-0.05, 0) is 24.8 Å². The summed E-state index contributed by atoms with van der Waals surface area (Å²) < 4.78 is 0. The van der Waals surface area contributed by atoms with Crippen LogP contribution in [0.4, 0.5) is 5.82 Å². The number of rotatable bonds is 3. The van der Waals surface area contributed by atoms with Crippen molar-refractivity contribution in [3.8, 4) is 0 Å². The summed E-state index contributed by atoms with van der Waals surface area (Å²) in [5, 5.41) is 8.12. The smallest absolute Gasteiger partial charge is 0.161 e. The molecule has 4 nitrogen and oxygen atoms in total. The van der Waals surface area contributed by atoms with Crippen LogP contribution in [0.1, 0.15) is 31.7 Å². The van der Waals surface area contributed by atoms with Gasteiger partial charge in [-0.25, -0.2) is 0 Å². The maximum Gasteiger partial charge on any atom is 0.161 e. The van der Waals surface area contributed by atoms with Crippen molar-refractivity contribution in [3.05, 3.63) is 17.8 Å². The number of nitrogens with two attached hydrogens (primary N) is 1. The van der Waals surface area contributed by atoms with Crippen LogP contribution in [0.15, 0.2) is 12.3 Å². The first kappa shape index (κ1) is 12.2. The van der Waals surface area contributed by atoms with Gasteiger partial charge in [0.25, 0.3) is 0 Å². The monoisotopic (exact) mass is 250 g/mol. The molecule has 0 bridgehead atoms. The lowest BCUT2D eigenvalue weighted by molar-refractivity contribution is 0.393. The van der Waals surface area contributed by atoms with Gasteiger partial charge in [0.05, 0.1) is 11.8 Å². The van der Waals surface area contributed by atoms with E-state index in [0.29, 0.717) is 4.99 Å². The Hall–Kier alpha value is -1.23. The van der Waals surface area contributed by atoms with Crippen molar-refractivity contribution in [2.24, 2.45) is 11.7 Å². The molecule has 1 aromatic rings. The molecule has 0 radical (unpaired) electrons. The SMILES string of the molecule is CCC1CCN(c2nnccc2C(N)=S)CC1. The highest BCUT2D eigenvalue weighted by molar-refractivity contribution is 7.80. The van der Waals surface area contributed by atoms with E-state index < -0.39 is 0 Å². The molecule has 1 fully saturated rings. The maximum atomic E-state index is 5.71. The lowest BCUT2D eigenvalue weighted by Gasteiger charge is -2.32. The van der Waals surface area contributed by atoms with Crippen LogP contribution in [0.25, 0.3) is 0 Å². The predicted octanol–water partition coefficient (Wildman–Crippen LogP) is 1.74. The van der Waals surface area contributed by atoms with Crippen LogP contribution in [-0.4, -0.2) is 28.3 Å². The molecule has 2 N–H and O–H groups in total. The fraction of sp³-hybridized carbons (Fsp3) is 0.583. The van der Waals surface area contributed by atoms with Crippen molar-refractivity contribution in [2.75, 3.05) is 18.0 Å². The molecule has 1 aliphatic heterocycles. The average Bonchev–Trinajstić information content (AvgIpc) is 2.39. The minimum Gasteiger partial charge on any atom is -0.389 e. The zero-order valence-electron chi connectivity index (χ0n) is 10.1. The second-order valence-electron chi connectivity index (χ2n) is 4.47. The van der Waals surface area contributed by atoms with E-state index in [1.54, 1.807) is 6.20 Å². The molecule has 1 saturated heterocycles. The third kappa shape index (κ3) is 2.72. The first-order valence-electron chi connectivity index (χ1n) is 6.08. The van der Waals surface area contributed by atoms with Gasteiger partial charge in [-0.1, -0.05) is 25.6 Å². The molecule has 0 spiro atoms. The summed E-state index contributed by atoms with van der Waals surface area (Å²) in [6.45, 7) is 4.29. The predicted molar refractivity (Wildman–Crippen MR) is 73.1 cm³/mol. The number of thiocarbonyl (C=S) groups is 1. The Labute approximate surface area is 107 Å². The Balaban J connectivity index is 2.15. The number of anilines is 1. The van der Waals surface area contributed by atoms with Crippen molar-refractivity contribution in [2.45, 2.75) is 26.2 Å². The van der Waals surface area contributed by atoms with Crippen molar-refractivity contribution >= 4 is 23.0 Å². The highest BCUT2D eigenvalue weighted by atomic mass is 32.1. The molecule has 17 heavy (non-hydrogen) atoms. The molecular weight excluding hydrogens is 232 g/mol. The first-order chi connectivity index (χ1) is 8.22. The van der Waals surface area contributed by atoms with E-state index in [9.17, 15) is 0 Å². The minimum atomic E-state index is 0.396. The third-order valence-corrected chi connectivity index (χ3v) is 3.68. The topological polar surface area (TPSA) is 55.0 Å². The Morgan fingerprint density at radius 3 is 2.82 bits per heavy atom. The number of nitrogens with zero attached hydrogens (tertiary/aromatic N) is 3. The van der Waals surface area contributed by atoms with Crippen molar-refractivity contribution in [1.29, 1.82) is 0 Å². The normalized spacial score (nSPS) is 17.1. The molecule has 0 amide bonds. The van der Waals surface area contributed by atoms with Gasteiger partial charge in [-0.15, -0.1) is 5.10 Å². The van der Waals surface area contributed by atoms with E-state index in [0.717, 1.165) is 30.4 Å². The van der Waals surface area contributed by atoms with Gasteiger partial charge in [-0.3, -0.25) is 0 Å². The van der Waals surface area contributed by atoms with Crippen LogP contribution in [0.2, 0.25) is 0 Å². The van der Waals surface area contributed by atoms with Gasteiger partial charge < -0.3 is 10.6 Å². The third-order valence-electron chi connectivity index (χ3n) is 3.46. The summed E-state index contributed by atoms with van der Waals surface area (Å²) in [5.74, 6) is 1.69. The van der Waals surface area contributed by atoms with E-state index in [-0.39, 0.29) is 0 Å². The molecule has 2 heterocycles. The fourth-order valence-corrected chi connectivity index (χ4v) is 2.46. The summed E-state index contributed by atoms with van der Waals surface area (Å²) in [7, 11) is 0.